The zero-order valence-electron chi connectivity index (χ0n) is 13.9. The highest BCUT2D eigenvalue weighted by Gasteiger charge is 2.11. The van der Waals surface area contributed by atoms with Gasteiger partial charge in [0, 0.05) is 18.8 Å². The summed E-state index contributed by atoms with van der Waals surface area (Å²) in [6.07, 6.45) is 0. The highest BCUT2D eigenvalue weighted by Crippen LogP contribution is 2.23. The zero-order valence-corrected chi connectivity index (χ0v) is 13.9. The number of ether oxygens (including phenoxy) is 1. The second-order valence-electron chi connectivity index (χ2n) is 5.18. The van der Waals surface area contributed by atoms with Crippen molar-refractivity contribution < 1.29 is 18.3 Å². The molecule has 7 heteroatoms. The summed E-state index contributed by atoms with van der Waals surface area (Å²) in [6, 6.07) is 13.2. The van der Waals surface area contributed by atoms with Gasteiger partial charge in [0.1, 0.15) is 5.75 Å². The molecule has 0 radical (unpaired) electrons. The molecule has 0 fully saturated rings. The fraction of sp³-hybridized carbons (Fsp3) is 0.278. The number of likely N-dealkylation sites (N-methyl/N-ethyl adjacent to an activating group) is 1. The lowest BCUT2D eigenvalue weighted by molar-refractivity contribution is -0.0498. The van der Waals surface area contributed by atoms with Crippen molar-refractivity contribution in [1.29, 1.82) is 0 Å². The number of amides is 1. The minimum Gasteiger partial charge on any atom is -0.435 e. The number of nitrogens with one attached hydrogen (secondary N) is 3. The van der Waals surface area contributed by atoms with Crippen LogP contribution in [0.15, 0.2) is 48.5 Å². The van der Waals surface area contributed by atoms with E-state index in [1.807, 2.05) is 13.0 Å². The van der Waals surface area contributed by atoms with E-state index >= 15 is 0 Å². The number of halogens is 2. The first-order valence-corrected chi connectivity index (χ1v) is 8.00. The first-order chi connectivity index (χ1) is 12.1. The Bertz CT molecular complexity index is 678. The van der Waals surface area contributed by atoms with Gasteiger partial charge < -0.3 is 20.7 Å². The van der Waals surface area contributed by atoms with Gasteiger partial charge in [0.15, 0.2) is 0 Å². The molecule has 3 N–H and O–H groups in total. The largest absolute Gasteiger partial charge is 0.435 e. The van der Waals surface area contributed by atoms with E-state index in [4.69, 9.17) is 0 Å². The molecule has 1 amide bonds. The maximum Gasteiger partial charge on any atom is 0.387 e. The van der Waals surface area contributed by atoms with Crippen LogP contribution in [-0.2, 0) is 0 Å². The Hall–Kier alpha value is -2.67. The van der Waals surface area contributed by atoms with Crippen molar-refractivity contribution in [1.82, 2.24) is 10.6 Å². The van der Waals surface area contributed by atoms with Crippen LogP contribution in [0.5, 0.6) is 5.75 Å². The molecule has 2 rings (SSSR count). The highest BCUT2D eigenvalue weighted by atomic mass is 19.3. The molecule has 2 aromatic rings. The highest BCUT2D eigenvalue weighted by molar-refractivity contribution is 6.00. The lowest BCUT2D eigenvalue weighted by Gasteiger charge is -2.13. The second kappa shape index (κ2) is 9.58. The summed E-state index contributed by atoms with van der Waals surface area (Å²) in [6.45, 7) is 1.22. The van der Waals surface area contributed by atoms with Crippen molar-refractivity contribution in [3.05, 3.63) is 54.1 Å². The standard InChI is InChI=1S/C18H21F2N3O2/c1-2-21-11-12-22-17(24)15-5-3-4-6-16(15)23-13-7-9-14(10-8-13)25-18(19)20/h3-10,18,21,23H,2,11-12H2,1H3,(H,22,24). The summed E-state index contributed by atoms with van der Waals surface area (Å²) >= 11 is 0. The van der Waals surface area contributed by atoms with Crippen LogP contribution >= 0.6 is 0 Å². The number of alkyl halides is 2. The average molecular weight is 349 g/mol. The summed E-state index contributed by atoms with van der Waals surface area (Å²) in [5.41, 5.74) is 1.80. The quantitative estimate of drug-likeness (QED) is 0.608. The first-order valence-electron chi connectivity index (χ1n) is 8.00. The third-order valence-electron chi connectivity index (χ3n) is 3.37. The monoisotopic (exact) mass is 349 g/mol. The van der Waals surface area contributed by atoms with Crippen LogP contribution in [0.4, 0.5) is 20.2 Å². The van der Waals surface area contributed by atoms with Crippen molar-refractivity contribution >= 4 is 17.3 Å². The molecular weight excluding hydrogens is 328 g/mol. The predicted molar refractivity (Wildman–Crippen MR) is 93.7 cm³/mol. The second-order valence-corrected chi connectivity index (χ2v) is 5.18. The van der Waals surface area contributed by atoms with Gasteiger partial charge in [0.25, 0.3) is 5.91 Å². The predicted octanol–water partition coefficient (Wildman–Crippen LogP) is 3.37. The fourth-order valence-electron chi connectivity index (χ4n) is 2.20. The Morgan fingerprint density at radius 3 is 2.48 bits per heavy atom. The van der Waals surface area contributed by atoms with E-state index in [-0.39, 0.29) is 11.7 Å². The lowest BCUT2D eigenvalue weighted by Crippen LogP contribution is -2.32. The van der Waals surface area contributed by atoms with Gasteiger partial charge in [0.2, 0.25) is 0 Å². The van der Waals surface area contributed by atoms with Crippen molar-refractivity contribution in [2.45, 2.75) is 13.5 Å². The van der Waals surface area contributed by atoms with E-state index in [0.717, 1.165) is 6.54 Å². The van der Waals surface area contributed by atoms with Gasteiger partial charge in [-0.25, -0.2) is 0 Å². The molecule has 0 unspecified atom stereocenters. The SMILES string of the molecule is CCNCCNC(=O)c1ccccc1Nc1ccc(OC(F)F)cc1. The number of para-hydroxylation sites is 1. The van der Waals surface area contributed by atoms with E-state index < -0.39 is 6.61 Å². The molecule has 0 heterocycles. The Labute approximate surface area is 145 Å². The van der Waals surface area contributed by atoms with E-state index in [0.29, 0.717) is 30.0 Å². The third-order valence-corrected chi connectivity index (χ3v) is 3.37. The summed E-state index contributed by atoms with van der Waals surface area (Å²) < 4.78 is 28.7. The van der Waals surface area contributed by atoms with Crippen LogP contribution in [0.3, 0.4) is 0 Å². The van der Waals surface area contributed by atoms with Crippen molar-refractivity contribution in [2.24, 2.45) is 0 Å². The van der Waals surface area contributed by atoms with Crippen molar-refractivity contribution in [3.63, 3.8) is 0 Å². The molecule has 2 aromatic carbocycles. The van der Waals surface area contributed by atoms with Crippen molar-refractivity contribution in [2.75, 3.05) is 25.0 Å². The molecule has 0 saturated carbocycles. The number of hydrogen-bond acceptors (Lipinski definition) is 4. The molecule has 0 aliphatic rings. The van der Waals surface area contributed by atoms with Gasteiger partial charge in [-0.3, -0.25) is 4.79 Å². The smallest absolute Gasteiger partial charge is 0.387 e. The molecule has 0 atom stereocenters. The van der Waals surface area contributed by atoms with E-state index in [1.165, 1.54) is 12.1 Å². The third kappa shape index (κ3) is 6.04. The Morgan fingerprint density at radius 1 is 1.08 bits per heavy atom. The normalized spacial score (nSPS) is 10.6. The molecule has 5 nitrogen and oxygen atoms in total. The van der Waals surface area contributed by atoms with Gasteiger partial charge in [-0.1, -0.05) is 19.1 Å². The first kappa shape index (κ1) is 18.7. The molecule has 0 saturated heterocycles. The van der Waals surface area contributed by atoms with Crippen LogP contribution in [0.25, 0.3) is 0 Å². The van der Waals surface area contributed by atoms with E-state index in [9.17, 15) is 13.6 Å². The number of carbonyl (C=O) groups excluding carboxylic acids is 1. The number of rotatable bonds is 9. The van der Waals surface area contributed by atoms with Crippen LogP contribution in [0, 0.1) is 0 Å². The Kier molecular flexibility index (Phi) is 7.16. The lowest BCUT2D eigenvalue weighted by atomic mass is 10.1. The van der Waals surface area contributed by atoms with Gasteiger partial charge in [-0.05, 0) is 42.9 Å². The van der Waals surface area contributed by atoms with Crippen LogP contribution in [-0.4, -0.2) is 32.2 Å². The average Bonchev–Trinajstić information content (AvgIpc) is 2.60. The number of carbonyl (C=O) groups is 1. The number of benzene rings is 2. The molecule has 0 bridgehead atoms. The Balaban J connectivity index is 2.03. The molecule has 0 spiro atoms. The number of hydrogen-bond donors (Lipinski definition) is 3. The Morgan fingerprint density at radius 2 is 1.80 bits per heavy atom. The van der Waals surface area contributed by atoms with Gasteiger partial charge in [-0.2, -0.15) is 8.78 Å². The fourth-order valence-corrected chi connectivity index (χ4v) is 2.20. The van der Waals surface area contributed by atoms with Gasteiger partial charge in [-0.15, -0.1) is 0 Å². The minimum absolute atomic E-state index is 0.0787. The minimum atomic E-state index is -2.86. The van der Waals surface area contributed by atoms with Crippen molar-refractivity contribution in [3.8, 4) is 5.75 Å². The molecule has 0 aliphatic heterocycles. The molecule has 25 heavy (non-hydrogen) atoms. The van der Waals surface area contributed by atoms with Gasteiger partial charge in [0.05, 0.1) is 11.3 Å². The van der Waals surface area contributed by atoms with Crippen LogP contribution < -0.4 is 20.7 Å². The van der Waals surface area contributed by atoms with Crippen LogP contribution in [0.1, 0.15) is 17.3 Å². The summed E-state index contributed by atoms with van der Waals surface area (Å²) in [5, 5.41) is 9.09. The maximum atomic E-state index is 12.3. The molecule has 0 aliphatic carbocycles. The number of anilines is 2. The molecule has 0 aromatic heterocycles. The van der Waals surface area contributed by atoms with E-state index in [2.05, 4.69) is 20.7 Å². The summed E-state index contributed by atoms with van der Waals surface area (Å²) in [5.74, 6) is -0.103. The van der Waals surface area contributed by atoms with Gasteiger partial charge >= 0.3 is 6.61 Å². The van der Waals surface area contributed by atoms with Crippen LogP contribution in [0.2, 0.25) is 0 Å². The molecule has 134 valence electrons. The molecular formula is C18H21F2N3O2. The maximum absolute atomic E-state index is 12.3. The summed E-state index contributed by atoms with van der Waals surface area (Å²) in [7, 11) is 0. The van der Waals surface area contributed by atoms with E-state index in [1.54, 1.807) is 30.3 Å². The summed E-state index contributed by atoms with van der Waals surface area (Å²) in [4.78, 5) is 12.3. The topological polar surface area (TPSA) is 62.4 Å². The zero-order chi connectivity index (χ0) is 18.1.